The molecule has 0 amide bonds. The van der Waals surface area contributed by atoms with Gasteiger partial charge in [-0.3, -0.25) is 28.8 Å². The topological polar surface area (TPSA) is 193 Å². The molecule has 11 nitrogen and oxygen atoms in total. The normalized spacial score (nSPS) is 47.4. The minimum absolute atomic E-state index is 0.00901. The first kappa shape index (κ1) is 43.3. The lowest BCUT2D eigenvalue weighted by atomic mass is 9.44. The van der Waals surface area contributed by atoms with E-state index in [-0.39, 0.29) is 116 Å². The SMILES string of the molecule is C[C@@H]1C[C@H]2[C@@H]([C@H](O)C[C@]3(C)[C@@H]2CC[C@@]3(O)C(=O)CCC(=O)CCC(=O)OCC(=O)[C@@]2(O)CC[C@H]3[C@@H]4C[C@H](C)C5=CC(=O)C=C[C@]5(C)[C@H]4[C@@H](O)C[C@@]32C)[C@]2(C)C=CC(=O)C=C12. The standard InChI is InChI=1S/C49H64O11/c1-26-19-31-33-13-17-48(58,46(33,5)23-37(53)42(31)44(3)15-11-29(51)21-35(26)44)39(55)9-7-28(50)8-10-41(57)60-25-40(56)49(59)18-14-34-32-20-27(2)36-22-30(52)12-16-45(36,4)43(32)38(54)24-47(34,49)6/h11-12,15-16,21-22,26-27,31-34,37-38,42-43,53-54,58-59H,7-10,13-14,17-20,23-25H2,1-6H3/t26-,27+,31-,32+,33-,34+,37-,38+,42+,43-,44-,45+,46-,47+,48-,49+/m1/s1. The van der Waals surface area contributed by atoms with Crippen molar-refractivity contribution in [2.24, 2.45) is 69.0 Å². The van der Waals surface area contributed by atoms with Gasteiger partial charge < -0.3 is 25.2 Å². The zero-order valence-electron chi connectivity index (χ0n) is 36.1. The van der Waals surface area contributed by atoms with Crippen LogP contribution in [0.1, 0.15) is 119 Å². The number of hydrogen-bond donors (Lipinski definition) is 4. The highest BCUT2D eigenvalue weighted by Gasteiger charge is 2.70. The van der Waals surface area contributed by atoms with Crippen LogP contribution in [0.3, 0.4) is 0 Å². The number of aliphatic hydroxyl groups is 4. The highest BCUT2D eigenvalue weighted by Crippen LogP contribution is 2.69. The van der Waals surface area contributed by atoms with E-state index >= 15 is 0 Å². The highest BCUT2D eigenvalue weighted by molar-refractivity contribution is 6.02. The molecule has 16 atom stereocenters. The molecule has 0 bridgehead atoms. The van der Waals surface area contributed by atoms with Crippen LogP contribution in [0, 0.1) is 69.0 Å². The van der Waals surface area contributed by atoms with Gasteiger partial charge in [0.05, 0.1) is 18.6 Å². The second kappa shape index (κ2) is 14.6. The van der Waals surface area contributed by atoms with Crippen LogP contribution in [-0.2, 0) is 33.5 Å². The smallest absolute Gasteiger partial charge is 0.306 e. The first-order valence-electron chi connectivity index (χ1n) is 22.5. The van der Waals surface area contributed by atoms with E-state index in [1.807, 2.05) is 26.0 Å². The van der Waals surface area contributed by atoms with Gasteiger partial charge in [0.2, 0.25) is 5.78 Å². The summed E-state index contributed by atoms with van der Waals surface area (Å²) < 4.78 is 5.34. The predicted octanol–water partition coefficient (Wildman–Crippen LogP) is 5.31. The van der Waals surface area contributed by atoms with Crippen molar-refractivity contribution >= 4 is 34.9 Å². The number of hydrogen-bond acceptors (Lipinski definition) is 11. The molecule has 6 fully saturated rings. The number of Topliss-reactive ketones (excluding diaryl/α,β-unsaturated/α-hetero) is 3. The van der Waals surface area contributed by atoms with Crippen molar-refractivity contribution in [3.05, 3.63) is 47.6 Å². The molecule has 0 aromatic heterocycles. The summed E-state index contributed by atoms with van der Waals surface area (Å²) in [5.41, 5.74) is -4.31. The van der Waals surface area contributed by atoms with E-state index in [1.165, 1.54) is 0 Å². The molecule has 0 aromatic carbocycles. The average Bonchev–Trinajstić information content (AvgIpc) is 3.61. The van der Waals surface area contributed by atoms with Crippen LogP contribution in [0.25, 0.3) is 0 Å². The van der Waals surface area contributed by atoms with Crippen LogP contribution in [-0.4, -0.2) is 85.3 Å². The van der Waals surface area contributed by atoms with Gasteiger partial charge in [-0.15, -0.1) is 0 Å². The summed E-state index contributed by atoms with van der Waals surface area (Å²) in [6.07, 6.45) is 11.4. The van der Waals surface area contributed by atoms with Gasteiger partial charge in [0, 0.05) is 52.8 Å². The fourth-order valence-corrected chi connectivity index (χ4v) is 15.6. The van der Waals surface area contributed by atoms with Crippen molar-refractivity contribution in [1.29, 1.82) is 0 Å². The van der Waals surface area contributed by atoms with Crippen LogP contribution in [0.4, 0.5) is 0 Å². The molecule has 0 saturated heterocycles. The molecule has 326 valence electrons. The number of esters is 1. The number of ketones is 5. The molecule has 0 unspecified atom stereocenters. The number of allylic oxidation sites excluding steroid dienone is 8. The van der Waals surface area contributed by atoms with Gasteiger partial charge >= 0.3 is 5.97 Å². The van der Waals surface area contributed by atoms with E-state index in [4.69, 9.17) is 4.74 Å². The fourth-order valence-electron chi connectivity index (χ4n) is 15.6. The van der Waals surface area contributed by atoms with Crippen LogP contribution < -0.4 is 0 Å². The maximum absolute atomic E-state index is 13.9. The lowest BCUT2D eigenvalue weighted by molar-refractivity contribution is -0.182. The van der Waals surface area contributed by atoms with E-state index in [1.54, 1.807) is 24.3 Å². The first-order valence-corrected chi connectivity index (χ1v) is 22.5. The van der Waals surface area contributed by atoms with Gasteiger partial charge in [0.15, 0.2) is 24.0 Å². The number of fused-ring (bicyclic) bond motifs is 10. The summed E-state index contributed by atoms with van der Waals surface area (Å²) in [5.74, 6) is -2.46. The minimum atomic E-state index is -1.81. The summed E-state index contributed by atoms with van der Waals surface area (Å²) in [6.45, 7) is 11.5. The second-order valence-electron chi connectivity index (χ2n) is 21.3. The number of carbonyl (C=O) groups excluding carboxylic acids is 6. The fraction of sp³-hybridized carbons (Fsp3) is 0.714. The maximum Gasteiger partial charge on any atom is 0.306 e. The molecular weight excluding hydrogens is 765 g/mol. The lowest BCUT2D eigenvalue weighted by Crippen LogP contribution is -2.62. The van der Waals surface area contributed by atoms with Crippen LogP contribution >= 0.6 is 0 Å². The van der Waals surface area contributed by atoms with Crippen molar-refractivity contribution in [3.8, 4) is 0 Å². The Labute approximate surface area is 353 Å². The first-order chi connectivity index (χ1) is 28.0. The second-order valence-corrected chi connectivity index (χ2v) is 21.3. The summed E-state index contributed by atoms with van der Waals surface area (Å²) in [5, 5.41) is 47.6. The molecule has 0 spiro atoms. The Morgan fingerprint density at radius 3 is 1.57 bits per heavy atom. The maximum atomic E-state index is 13.9. The van der Waals surface area contributed by atoms with Crippen LogP contribution in [0.2, 0.25) is 0 Å². The number of carbonyl (C=O) groups is 6. The molecule has 4 N–H and O–H groups in total. The third-order valence-electron chi connectivity index (χ3n) is 18.5. The summed E-state index contributed by atoms with van der Waals surface area (Å²) >= 11 is 0. The molecule has 0 heterocycles. The Morgan fingerprint density at radius 2 is 1.10 bits per heavy atom. The molecule has 11 heteroatoms. The van der Waals surface area contributed by atoms with Gasteiger partial charge in [-0.05, 0) is 111 Å². The van der Waals surface area contributed by atoms with E-state index in [2.05, 4.69) is 27.7 Å². The van der Waals surface area contributed by atoms with E-state index in [0.29, 0.717) is 12.8 Å². The Morgan fingerprint density at radius 1 is 0.667 bits per heavy atom. The molecule has 8 rings (SSSR count). The Balaban J connectivity index is 0.840. The van der Waals surface area contributed by atoms with Crippen molar-refractivity contribution in [3.63, 3.8) is 0 Å². The molecule has 0 radical (unpaired) electrons. The monoisotopic (exact) mass is 828 g/mol. The molecule has 6 saturated carbocycles. The van der Waals surface area contributed by atoms with Crippen molar-refractivity contribution in [2.45, 2.75) is 142 Å². The highest BCUT2D eigenvalue weighted by atomic mass is 16.5. The molecule has 8 aliphatic rings. The Hall–Kier alpha value is -3.38. The summed E-state index contributed by atoms with van der Waals surface area (Å²) in [4.78, 5) is 78.1. The van der Waals surface area contributed by atoms with Crippen LogP contribution in [0.15, 0.2) is 47.6 Å². The zero-order chi connectivity index (χ0) is 43.5. The molecule has 8 aliphatic carbocycles. The summed E-state index contributed by atoms with van der Waals surface area (Å²) in [6, 6.07) is 0. The lowest BCUT2D eigenvalue weighted by Gasteiger charge is -2.60. The molecular formula is C49H64O11. The van der Waals surface area contributed by atoms with E-state index in [0.717, 1.165) is 24.0 Å². The molecule has 0 aromatic rings. The van der Waals surface area contributed by atoms with Crippen molar-refractivity contribution in [2.75, 3.05) is 6.61 Å². The molecule has 0 aliphatic heterocycles. The summed E-state index contributed by atoms with van der Waals surface area (Å²) in [7, 11) is 0. The van der Waals surface area contributed by atoms with Crippen molar-refractivity contribution in [1.82, 2.24) is 0 Å². The Bertz CT molecular complexity index is 1890. The number of rotatable bonds is 10. The third kappa shape index (κ3) is 6.16. The average molecular weight is 829 g/mol. The number of ether oxygens (including phenoxy) is 1. The van der Waals surface area contributed by atoms with Gasteiger partial charge in [-0.2, -0.15) is 0 Å². The Kier molecular flexibility index (Phi) is 10.5. The van der Waals surface area contributed by atoms with Gasteiger partial charge in [0.25, 0.3) is 0 Å². The minimum Gasteiger partial charge on any atom is -0.458 e. The third-order valence-corrected chi connectivity index (χ3v) is 18.5. The van der Waals surface area contributed by atoms with Gasteiger partial charge in [0.1, 0.15) is 17.0 Å². The van der Waals surface area contributed by atoms with Gasteiger partial charge in [-0.25, -0.2) is 0 Å². The zero-order valence-corrected chi connectivity index (χ0v) is 36.1. The quantitative estimate of drug-likeness (QED) is 0.209. The number of aliphatic hydroxyl groups excluding tert-OH is 2. The van der Waals surface area contributed by atoms with Crippen LogP contribution in [0.5, 0.6) is 0 Å². The van der Waals surface area contributed by atoms with E-state index in [9.17, 15) is 49.2 Å². The van der Waals surface area contributed by atoms with Crippen molar-refractivity contribution < 1.29 is 53.9 Å². The predicted molar refractivity (Wildman–Crippen MR) is 219 cm³/mol. The van der Waals surface area contributed by atoms with Gasteiger partial charge in [-0.1, -0.05) is 64.8 Å². The molecule has 60 heavy (non-hydrogen) atoms. The largest absolute Gasteiger partial charge is 0.458 e. The van der Waals surface area contributed by atoms with E-state index < -0.39 is 69.2 Å².